The molecule has 0 aromatic heterocycles. The second-order valence-electron chi connectivity index (χ2n) is 7.80. The minimum atomic E-state index is -0.420. The zero-order chi connectivity index (χ0) is 16.1. The Morgan fingerprint density at radius 1 is 1.38 bits per heavy atom. The van der Waals surface area contributed by atoms with Crippen LogP contribution in [0.2, 0.25) is 0 Å². The van der Waals surface area contributed by atoms with Gasteiger partial charge in [-0.05, 0) is 58.9 Å². The Balaban J connectivity index is 2.28. The van der Waals surface area contributed by atoms with E-state index in [0.717, 1.165) is 19.5 Å². The topological polar surface area (TPSA) is 41.6 Å². The summed E-state index contributed by atoms with van der Waals surface area (Å²) in [5.41, 5.74) is -0.00770. The summed E-state index contributed by atoms with van der Waals surface area (Å²) >= 11 is 0. The van der Waals surface area contributed by atoms with Crippen LogP contribution in [0.4, 0.5) is 4.79 Å². The summed E-state index contributed by atoms with van der Waals surface area (Å²) in [5, 5.41) is 3.66. The summed E-state index contributed by atoms with van der Waals surface area (Å²) in [6, 6.07) is 0.620. The predicted molar refractivity (Wildman–Crippen MR) is 87.5 cm³/mol. The molecule has 0 heterocycles. The van der Waals surface area contributed by atoms with Crippen LogP contribution >= 0.6 is 0 Å². The molecule has 4 nitrogen and oxygen atoms in total. The highest BCUT2D eigenvalue weighted by Crippen LogP contribution is 2.37. The van der Waals surface area contributed by atoms with Crippen LogP contribution < -0.4 is 5.32 Å². The van der Waals surface area contributed by atoms with Crippen molar-refractivity contribution in [1.82, 2.24) is 10.2 Å². The van der Waals surface area contributed by atoms with Gasteiger partial charge in [0.25, 0.3) is 0 Å². The number of hydrogen-bond acceptors (Lipinski definition) is 3. The molecule has 4 heteroatoms. The minimum absolute atomic E-state index is 0.203. The Kier molecular flexibility index (Phi) is 6.51. The fraction of sp³-hybridized carbons (Fsp3) is 0.941. The van der Waals surface area contributed by atoms with E-state index in [0.29, 0.717) is 18.0 Å². The molecule has 1 amide bonds. The van der Waals surface area contributed by atoms with Crippen molar-refractivity contribution in [2.75, 3.05) is 19.6 Å². The highest BCUT2D eigenvalue weighted by molar-refractivity contribution is 5.68. The van der Waals surface area contributed by atoms with E-state index in [1.165, 1.54) is 19.3 Å². The quantitative estimate of drug-likeness (QED) is 0.758. The Bertz CT molecular complexity index is 334. The maximum Gasteiger partial charge on any atom is 0.410 e. The smallest absolute Gasteiger partial charge is 0.410 e. The Hall–Kier alpha value is -0.770. The zero-order valence-electron chi connectivity index (χ0n) is 14.8. The van der Waals surface area contributed by atoms with Crippen molar-refractivity contribution in [3.8, 4) is 0 Å². The molecule has 124 valence electrons. The van der Waals surface area contributed by atoms with Crippen molar-refractivity contribution < 1.29 is 9.53 Å². The van der Waals surface area contributed by atoms with Crippen LogP contribution in [0.25, 0.3) is 0 Å². The molecule has 0 saturated heterocycles. The van der Waals surface area contributed by atoms with Crippen molar-refractivity contribution in [2.24, 2.45) is 5.41 Å². The third kappa shape index (κ3) is 6.25. The highest BCUT2D eigenvalue weighted by atomic mass is 16.6. The number of hydrogen-bond donors (Lipinski definition) is 1. The van der Waals surface area contributed by atoms with Crippen molar-refractivity contribution >= 4 is 6.09 Å². The Morgan fingerprint density at radius 3 is 2.52 bits per heavy atom. The lowest BCUT2D eigenvalue weighted by Crippen LogP contribution is -2.41. The summed E-state index contributed by atoms with van der Waals surface area (Å²) in [4.78, 5) is 13.8. The van der Waals surface area contributed by atoms with Gasteiger partial charge in [-0.25, -0.2) is 4.79 Å². The van der Waals surface area contributed by atoms with E-state index >= 15 is 0 Å². The second kappa shape index (κ2) is 7.48. The monoisotopic (exact) mass is 298 g/mol. The average molecular weight is 298 g/mol. The van der Waals surface area contributed by atoms with E-state index in [1.54, 1.807) is 4.90 Å². The van der Waals surface area contributed by atoms with Gasteiger partial charge in [-0.15, -0.1) is 0 Å². The van der Waals surface area contributed by atoms with Crippen LogP contribution in [0.15, 0.2) is 0 Å². The van der Waals surface area contributed by atoms with Gasteiger partial charge in [0.2, 0.25) is 0 Å². The lowest BCUT2D eigenvalue weighted by molar-refractivity contribution is 0.0258. The van der Waals surface area contributed by atoms with E-state index in [2.05, 4.69) is 19.2 Å². The van der Waals surface area contributed by atoms with Crippen molar-refractivity contribution in [3.63, 3.8) is 0 Å². The van der Waals surface area contributed by atoms with Gasteiger partial charge in [0.05, 0.1) is 0 Å². The summed E-state index contributed by atoms with van der Waals surface area (Å²) in [7, 11) is 0. The summed E-state index contributed by atoms with van der Waals surface area (Å²) in [6.45, 7) is 14.8. The van der Waals surface area contributed by atoms with Crippen LogP contribution in [0.1, 0.15) is 67.2 Å². The Morgan fingerprint density at radius 2 is 2.05 bits per heavy atom. The lowest BCUT2D eigenvalue weighted by atomic mass is 9.87. The van der Waals surface area contributed by atoms with E-state index in [4.69, 9.17) is 4.74 Å². The Labute approximate surface area is 130 Å². The van der Waals surface area contributed by atoms with Gasteiger partial charge in [-0.1, -0.05) is 20.3 Å². The van der Waals surface area contributed by atoms with Crippen LogP contribution in [0.3, 0.4) is 0 Å². The predicted octanol–water partition coefficient (Wildman–Crippen LogP) is 3.80. The molecule has 1 atom stereocenters. The second-order valence-corrected chi connectivity index (χ2v) is 7.80. The summed E-state index contributed by atoms with van der Waals surface area (Å²) < 4.78 is 5.42. The molecule has 0 aromatic rings. The number of carbonyl (C=O) groups excluding carboxylic acids is 1. The molecule has 1 N–H and O–H groups in total. The van der Waals surface area contributed by atoms with E-state index in [-0.39, 0.29) is 6.09 Å². The van der Waals surface area contributed by atoms with Crippen LogP contribution in [-0.2, 0) is 4.74 Å². The number of ether oxygens (including phenoxy) is 1. The van der Waals surface area contributed by atoms with Crippen molar-refractivity contribution in [2.45, 2.75) is 78.9 Å². The zero-order valence-corrected chi connectivity index (χ0v) is 14.8. The van der Waals surface area contributed by atoms with Crippen molar-refractivity contribution in [1.29, 1.82) is 0 Å². The van der Waals surface area contributed by atoms with Gasteiger partial charge in [0.15, 0.2) is 0 Å². The first kappa shape index (κ1) is 18.3. The molecule has 0 aliphatic heterocycles. The van der Waals surface area contributed by atoms with Crippen molar-refractivity contribution in [3.05, 3.63) is 0 Å². The fourth-order valence-corrected chi connectivity index (χ4v) is 2.96. The van der Waals surface area contributed by atoms with E-state index in [1.807, 2.05) is 27.7 Å². The largest absolute Gasteiger partial charge is 0.444 e. The fourth-order valence-electron chi connectivity index (χ4n) is 2.96. The molecule has 1 saturated carbocycles. The molecule has 0 bridgehead atoms. The summed E-state index contributed by atoms with van der Waals surface area (Å²) in [6.07, 6.45) is 4.68. The standard InChI is InChI=1S/C17H34N2O2/c1-7-19(15(20)21-16(2,3)4)13-9-12-18-14-10-8-11-17(14,5)6/h14,18H,7-13H2,1-6H3. The molecule has 1 unspecified atom stereocenters. The van der Waals surface area contributed by atoms with Gasteiger partial charge in [0.1, 0.15) is 5.60 Å². The highest BCUT2D eigenvalue weighted by Gasteiger charge is 2.33. The molecule has 1 aliphatic carbocycles. The molecule has 21 heavy (non-hydrogen) atoms. The molecule has 1 fully saturated rings. The SMILES string of the molecule is CCN(CCCNC1CCCC1(C)C)C(=O)OC(C)(C)C. The molecule has 0 aromatic carbocycles. The van der Waals surface area contributed by atoms with E-state index < -0.39 is 5.60 Å². The van der Waals surface area contributed by atoms with Gasteiger partial charge < -0.3 is 15.0 Å². The van der Waals surface area contributed by atoms with E-state index in [9.17, 15) is 4.79 Å². The average Bonchev–Trinajstić information content (AvgIpc) is 2.66. The molecular formula is C17H34N2O2. The van der Waals surface area contributed by atoms with Gasteiger partial charge >= 0.3 is 6.09 Å². The normalized spacial score (nSPS) is 21.3. The first-order valence-electron chi connectivity index (χ1n) is 8.37. The number of rotatable bonds is 6. The maximum absolute atomic E-state index is 12.0. The minimum Gasteiger partial charge on any atom is -0.444 e. The summed E-state index contributed by atoms with van der Waals surface area (Å²) in [5.74, 6) is 0. The van der Waals surface area contributed by atoms with Crippen LogP contribution in [0.5, 0.6) is 0 Å². The third-order valence-electron chi connectivity index (χ3n) is 4.29. The maximum atomic E-state index is 12.0. The number of nitrogens with one attached hydrogen (secondary N) is 1. The lowest BCUT2D eigenvalue weighted by Gasteiger charge is -2.29. The molecule has 1 aliphatic rings. The number of carbonyl (C=O) groups is 1. The first-order valence-corrected chi connectivity index (χ1v) is 8.37. The van der Waals surface area contributed by atoms with Crippen LogP contribution in [-0.4, -0.2) is 42.3 Å². The van der Waals surface area contributed by atoms with Gasteiger partial charge in [-0.2, -0.15) is 0 Å². The van der Waals surface area contributed by atoms with Gasteiger partial charge in [0, 0.05) is 19.1 Å². The number of amides is 1. The molecule has 0 radical (unpaired) electrons. The molecular weight excluding hydrogens is 264 g/mol. The molecule has 1 rings (SSSR count). The van der Waals surface area contributed by atoms with Crippen LogP contribution in [0, 0.1) is 5.41 Å². The first-order chi connectivity index (χ1) is 9.65. The number of nitrogens with zero attached hydrogens (tertiary/aromatic N) is 1. The van der Waals surface area contributed by atoms with Gasteiger partial charge in [-0.3, -0.25) is 0 Å². The molecule has 0 spiro atoms. The third-order valence-corrected chi connectivity index (χ3v) is 4.29.